The lowest BCUT2D eigenvalue weighted by atomic mass is 9.85. The minimum atomic E-state index is -0.744. The fourth-order valence-corrected chi connectivity index (χ4v) is 2.11. The number of nitrogens with zero attached hydrogens (tertiary/aromatic N) is 2. The Bertz CT molecular complexity index is 595. The van der Waals surface area contributed by atoms with Gasteiger partial charge in [-0.25, -0.2) is 4.68 Å². The smallest absolute Gasteiger partial charge is 0.313 e. The molecule has 0 saturated heterocycles. The number of ether oxygens (including phenoxy) is 1. The van der Waals surface area contributed by atoms with Gasteiger partial charge in [0.05, 0.1) is 23.4 Å². The van der Waals surface area contributed by atoms with Crippen molar-refractivity contribution < 1.29 is 9.53 Å². The van der Waals surface area contributed by atoms with Crippen molar-refractivity contribution in [2.75, 3.05) is 13.2 Å². The number of carbonyl (C=O) groups is 1. The Morgan fingerprint density at radius 3 is 2.67 bits per heavy atom. The number of nitrogens with two attached hydrogens (primary N) is 1. The Labute approximate surface area is 124 Å². The molecular formula is C16H21N3O2. The molecule has 0 spiro atoms. The summed E-state index contributed by atoms with van der Waals surface area (Å²) >= 11 is 0. The van der Waals surface area contributed by atoms with E-state index in [1.807, 2.05) is 49.5 Å². The van der Waals surface area contributed by atoms with E-state index < -0.39 is 5.41 Å². The lowest BCUT2D eigenvalue weighted by Crippen LogP contribution is -2.39. The molecule has 2 rings (SSSR count). The summed E-state index contributed by atoms with van der Waals surface area (Å²) in [7, 11) is 0. The summed E-state index contributed by atoms with van der Waals surface area (Å²) in [4.78, 5) is 12.0. The lowest BCUT2D eigenvalue weighted by molar-refractivity contribution is -0.153. The topological polar surface area (TPSA) is 70.1 Å². The zero-order valence-electron chi connectivity index (χ0n) is 12.5. The van der Waals surface area contributed by atoms with Crippen molar-refractivity contribution in [2.45, 2.75) is 20.3 Å². The molecule has 1 unspecified atom stereocenters. The molecule has 1 aromatic heterocycles. The van der Waals surface area contributed by atoms with Gasteiger partial charge in [-0.3, -0.25) is 4.79 Å². The number of benzene rings is 1. The third-order valence-electron chi connectivity index (χ3n) is 3.46. The molecule has 5 nitrogen and oxygen atoms in total. The van der Waals surface area contributed by atoms with Crippen molar-refractivity contribution in [2.24, 2.45) is 11.1 Å². The number of para-hydroxylation sites is 1. The van der Waals surface area contributed by atoms with E-state index in [0.29, 0.717) is 13.0 Å². The summed E-state index contributed by atoms with van der Waals surface area (Å²) < 4.78 is 6.90. The van der Waals surface area contributed by atoms with Gasteiger partial charge < -0.3 is 10.5 Å². The number of rotatable bonds is 6. The molecule has 0 aliphatic rings. The van der Waals surface area contributed by atoms with Gasteiger partial charge in [-0.05, 0) is 32.0 Å². The quantitative estimate of drug-likeness (QED) is 0.824. The first kappa shape index (κ1) is 15.3. The van der Waals surface area contributed by atoms with Crippen molar-refractivity contribution in [1.29, 1.82) is 0 Å². The summed E-state index contributed by atoms with van der Waals surface area (Å²) in [5, 5.41) is 4.51. The third-order valence-corrected chi connectivity index (χ3v) is 3.46. The van der Waals surface area contributed by atoms with Gasteiger partial charge in [0.25, 0.3) is 0 Å². The van der Waals surface area contributed by atoms with E-state index in [1.165, 1.54) is 0 Å². The second-order valence-electron chi connectivity index (χ2n) is 5.25. The van der Waals surface area contributed by atoms with Crippen LogP contribution in [0, 0.1) is 5.41 Å². The predicted octanol–water partition coefficient (Wildman–Crippen LogP) is 1.94. The second-order valence-corrected chi connectivity index (χ2v) is 5.25. The zero-order chi connectivity index (χ0) is 15.3. The van der Waals surface area contributed by atoms with E-state index in [2.05, 4.69) is 5.10 Å². The number of hydrogen-bond acceptors (Lipinski definition) is 4. The highest BCUT2D eigenvalue weighted by molar-refractivity contribution is 5.77. The zero-order valence-corrected chi connectivity index (χ0v) is 12.5. The van der Waals surface area contributed by atoms with Crippen LogP contribution in [0.25, 0.3) is 5.69 Å². The van der Waals surface area contributed by atoms with Crippen LogP contribution in [0.5, 0.6) is 0 Å². The molecule has 2 aromatic rings. The summed E-state index contributed by atoms with van der Waals surface area (Å²) in [6, 6.07) is 11.7. The van der Waals surface area contributed by atoms with Crippen LogP contribution in [0.1, 0.15) is 19.5 Å². The van der Waals surface area contributed by atoms with Crippen molar-refractivity contribution in [3.05, 3.63) is 48.3 Å². The van der Waals surface area contributed by atoms with Crippen LogP contribution < -0.4 is 5.73 Å². The Hall–Kier alpha value is -2.14. The van der Waals surface area contributed by atoms with E-state index in [4.69, 9.17) is 10.5 Å². The third kappa shape index (κ3) is 3.49. The highest BCUT2D eigenvalue weighted by atomic mass is 16.5. The van der Waals surface area contributed by atoms with Crippen LogP contribution >= 0.6 is 0 Å². The largest absolute Gasteiger partial charge is 0.466 e. The first-order valence-corrected chi connectivity index (χ1v) is 7.06. The molecule has 1 atom stereocenters. The maximum absolute atomic E-state index is 12.0. The van der Waals surface area contributed by atoms with Gasteiger partial charge >= 0.3 is 5.97 Å². The van der Waals surface area contributed by atoms with Crippen molar-refractivity contribution in [3.8, 4) is 5.69 Å². The van der Waals surface area contributed by atoms with Crippen molar-refractivity contribution >= 4 is 5.97 Å². The predicted molar refractivity (Wildman–Crippen MR) is 81.1 cm³/mol. The molecule has 21 heavy (non-hydrogen) atoms. The monoisotopic (exact) mass is 287 g/mol. The average Bonchev–Trinajstić information content (AvgIpc) is 2.96. The first-order valence-electron chi connectivity index (χ1n) is 7.06. The SMILES string of the molecule is CCOC(=O)C(C)(CN)Cc1ccn(-c2ccccc2)n1. The lowest BCUT2D eigenvalue weighted by Gasteiger charge is -2.24. The van der Waals surface area contributed by atoms with Gasteiger partial charge in [0.15, 0.2) is 0 Å². The maximum atomic E-state index is 12.0. The van der Waals surface area contributed by atoms with E-state index in [1.54, 1.807) is 11.6 Å². The van der Waals surface area contributed by atoms with Crippen LogP contribution in [0.4, 0.5) is 0 Å². The number of carbonyl (C=O) groups excluding carboxylic acids is 1. The summed E-state index contributed by atoms with van der Waals surface area (Å²) in [5.41, 5.74) is 6.82. The molecule has 0 bridgehead atoms. The van der Waals surface area contributed by atoms with Gasteiger partial charge in [0.1, 0.15) is 0 Å². The van der Waals surface area contributed by atoms with Crippen molar-refractivity contribution in [1.82, 2.24) is 9.78 Å². The molecule has 0 fully saturated rings. The Morgan fingerprint density at radius 1 is 1.33 bits per heavy atom. The fraction of sp³-hybridized carbons (Fsp3) is 0.375. The molecule has 5 heteroatoms. The summed E-state index contributed by atoms with van der Waals surface area (Å²) in [6.07, 6.45) is 2.34. The molecule has 1 heterocycles. The van der Waals surface area contributed by atoms with Gasteiger partial charge in [-0.15, -0.1) is 0 Å². The number of hydrogen-bond donors (Lipinski definition) is 1. The summed E-state index contributed by atoms with van der Waals surface area (Å²) in [5.74, 6) is -0.276. The van der Waals surface area contributed by atoms with E-state index >= 15 is 0 Å². The molecule has 2 N–H and O–H groups in total. The van der Waals surface area contributed by atoms with Gasteiger partial charge in [-0.1, -0.05) is 18.2 Å². The Kier molecular flexibility index (Phi) is 4.75. The van der Waals surface area contributed by atoms with E-state index in [-0.39, 0.29) is 12.5 Å². The molecule has 112 valence electrons. The molecule has 0 amide bonds. The van der Waals surface area contributed by atoms with Gasteiger partial charge in [0, 0.05) is 19.2 Å². The average molecular weight is 287 g/mol. The molecule has 0 radical (unpaired) electrons. The highest BCUT2D eigenvalue weighted by Gasteiger charge is 2.34. The fourth-order valence-electron chi connectivity index (χ4n) is 2.11. The minimum absolute atomic E-state index is 0.226. The van der Waals surface area contributed by atoms with Crippen LogP contribution in [0.3, 0.4) is 0 Å². The van der Waals surface area contributed by atoms with Crippen LogP contribution in [0.15, 0.2) is 42.6 Å². The number of esters is 1. The Morgan fingerprint density at radius 2 is 2.05 bits per heavy atom. The van der Waals surface area contributed by atoms with Crippen LogP contribution in [-0.2, 0) is 16.0 Å². The number of aromatic nitrogens is 2. The highest BCUT2D eigenvalue weighted by Crippen LogP contribution is 2.23. The molecule has 1 aromatic carbocycles. The Balaban J connectivity index is 2.16. The van der Waals surface area contributed by atoms with E-state index in [9.17, 15) is 4.79 Å². The standard InChI is InChI=1S/C16H21N3O2/c1-3-21-15(20)16(2,12-17)11-13-9-10-19(18-13)14-7-5-4-6-8-14/h4-10H,3,11-12,17H2,1-2H3. The van der Waals surface area contributed by atoms with Gasteiger partial charge in [-0.2, -0.15) is 5.10 Å². The van der Waals surface area contributed by atoms with Crippen LogP contribution in [0.2, 0.25) is 0 Å². The molecule has 0 aliphatic carbocycles. The molecular weight excluding hydrogens is 266 g/mol. The maximum Gasteiger partial charge on any atom is 0.313 e. The van der Waals surface area contributed by atoms with Crippen molar-refractivity contribution in [3.63, 3.8) is 0 Å². The molecule has 0 saturated carbocycles. The summed E-state index contributed by atoms with van der Waals surface area (Å²) in [6.45, 7) is 4.18. The van der Waals surface area contributed by atoms with Gasteiger partial charge in [0.2, 0.25) is 0 Å². The second kappa shape index (κ2) is 6.54. The van der Waals surface area contributed by atoms with E-state index in [0.717, 1.165) is 11.4 Å². The first-order chi connectivity index (χ1) is 10.1. The normalized spacial score (nSPS) is 13.7. The molecule has 0 aliphatic heterocycles. The minimum Gasteiger partial charge on any atom is -0.466 e. The van der Waals surface area contributed by atoms with Crippen LogP contribution in [-0.4, -0.2) is 28.9 Å².